The molecule has 6 rings (SSSR count). The van der Waals surface area contributed by atoms with Crippen LogP contribution in [0.1, 0.15) is 62.9 Å². The molecule has 2 aromatic heterocycles. The Bertz CT molecular complexity index is 1720. The van der Waals surface area contributed by atoms with Crippen molar-refractivity contribution in [2.24, 2.45) is 14.1 Å². The molecule has 11 heteroatoms. The number of imidazole rings is 2. The summed E-state index contributed by atoms with van der Waals surface area (Å²) in [7, 11) is 3.78. The van der Waals surface area contributed by atoms with Crippen molar-refractivity contribution in [3.8, 4) is 11.1 Å². The van der Waals surface area contributed by atoms with E-state index in [1.807, 2.05) is 60.5 Å². The van der Waals surface area contributed by atoms with E-state index in [4.69, 9.17) is 16.6 Å². The Labute approximate surface area is 256 Å². The van der Waals surface area contributed by atoms with Gasteiger partial charge < -0.3 is 25.1 Å². The minimum atomic E-state index is -0.315. The lowest BCUT2D eigenvalue weighted by Gasteiger charge is -2.25. The van der Waals surface area contributed by atoms with E-state index in [9.17, 15) is 9.59 Å². The van der Waals surface area contributed by atoms with Gasteiger partial charge in [-0.2, -0.15) is 0 Å². The van der Waals surface area contributed by atoms with Crippen molar-refractivity contribution in [3.63, 3.8) is 0 Å². The highest BCUT2D eigenvalue weighted by Crippen LogP contribution is 2.37. The molecule has 2 aliphatic heterocycles. The van der Waals surface area contributed by atoms with Crippen LogP contribution in [-0.4, -0.2) is 55.5 Å². The third-order valence-corrected chi connectivity index (χ3v) is 8.93. The summed E-state index contributed by atoms with van der Waals surface area (Å²) >= 11 is 6.90. The zero-order valence-corrected chi connectivity index (χ0v) is 25.8. The van der Waals surface area contributed by atoms with Crippen LogP contribution in [0.2, 0.25) is 5.02 Å². The third kappa shape index (κ3) is 5.46. The van der Waals surface area contributed by atoms with E-state index in [0.717, 1.165) is 84.9 Å². The molecule has 0 saturated heterocycles. The topological polar surface area (TPSA) is 109 Å². The van der Waals surface area contributed by atoms with Crippen LogP contribution in [0.3, 0.4) is 0 Å². The molecule has 0 spiro atoms. The molecule has 43 heavy (non-hydrogen) atoms. The van der Waals surface area contributed by atoms with Gasteiger partial charge in [-0.1, -0.05) is 42.8 Å². The Morgan fingerprint density at radius 1 is 0.907 bits per heavy atom. The number of nitrogens with one attached hydrogen (secondary N) is 3. The molecule has 0 unspecified atom stereocenters. The fraction of sp³-hybridized carbons (Fsp3) is 0.375. The molecule has 224 valence electrons. The Hall–Kier alpha value is -3.99. The number of carbonyl (C=O) groups is 2. The summed E-state index contributed by atoms with van der Waals surface area (Å²) in [5, 5.41) is 9.74. The SMILES string of the molecule is CCCN1CCc2c(nc(C(=O)Nc3cccc(-c4cccc(NC(=O)c5nc6c(n5C)CCNC6)c4Cl)c3C)n2C)C1. The molecule has 0 fully saturated rings. The highest BCUT2D eigenvalue weighted by Gasteiger charge is 2.26. The van der Waals surface area contributed by atoms with Crippen LogP contribution < -0.4 is 16.0 Å². The summed E-state index contributed by atoms with van der Waals surface area (Å²) in [6.45, 7) is 8.41. The number of amides is 2. The van der Waals surface area contributed by atoms with Gasteiger partial charge in [-0.25, -0.2) is 9.97 Å². The minimum absolute atomic E-state index is 0.251. The molecule has 2 amide bonds. The maximum atomic E-state index is 13.4. The number of carbonyl (C=O) groups excluding carboxylic acids is 2. The van der Waals surface area contributed by atoms with Gasteiger partial charge >= 0.3 is 0 Å². The van der Waals surface area contributed by atoms with Crippen LogP contribution >= 0.6 is 11.6 Å². The summed E-state index contributed by atoms with van der Waals surface area (Å²) in [6.07, 6.45) is 2.80. The Morgan fingerprint density at radius 2 is 1.53 bits per heavy atom. The van der Waals surface area contributed by atoms with Crippen LogP contribution in [0.5, 0.6) is 0 Å². The summed E-state index contributed by atoms with van der Waals surface area (Å²) in [4.78, 5) is 38.4. The van der Waals surface area contributed by atoms with Gasteiger partial charge in [0.25, 0.3) is 11.8 Å². The Balaban J connectivity index is 1.23. The molecule has 4 aromatic rings. The average molecular weight is 601 g/mol. The number of halogens is 1. The summed E-state index contributed by atoms with van der Waals surface area (Å²) in [5.74, 6) is 0.191. The lowest BCUT2D eigenvalue weighted by Crippen LogP contribution is -2.31. The fourth-order valence-corrected chi connectivity index (χ4v) is 6.48. The number of nitrogens with zero attached hydrogens (tertiary/aromatic N) is 5. The highest BCUT2D eigenvalue weighted by atomic mass is 35.5. The first kappa shape index (κ1) is 29.1. The predicted octanol–water partition coefficient (Wildman–Crippen LogP) is 4.70. The molecule has 0 radical (unpaired) electrons. The van der Waals surface area contributed by atoms with Crippen LogP contribution in [0, 0.1) is 6.92 Å². The smallest absolute Gasteiger partial charge is 0.291 e. The number of hydrogen-bond acceptors (Lipinski definition) is 6. The zero-order chi connectivity index (χ0) is 30.2. The van der Waals surface area contributed by atoms with E-state index < -0.39 is 0 Å². The second kappa shape index (κ2) is 11.9. The van der Waals surface area contributed by atoms with E-state index in [2.05, 4.69) is 32.8 Å². The fourth-order valence-electron chi connectivity index (χ4n) is 6.21. The van der Waals surface area contributed by atoms with E-state index in [-0.39, 0.29) is 11.8 Å². The summed E-state index contributed by atoms with van der Waals surface area (Å²) < 4.78 is 3.78. The van der Waals surface area contributed by atoms with Crippen molar-refractivity contribution in [3.05, 3.63) is 81.4 Å². The van der Waals surface area contributed by atoms with Crippen molar-refractivity contribution < 1.29 is 9.59 Å². The Morgan fingerprint density at radius 3 is 2.23 bits per heavy atom. The van der Waals surface area contributed by atoms with Crippen LogP contribution in [0.4, 0.5) is 11.4 Å². The van der Waals surface area contributed by atoms with Crippen molar-refractivity contribution in [2.75, 3.05) is 30.3 Å². The molecule has 0 bridgehead atoms. The van der Waals surface area contributed by atoms with Gasteiger partial charge in [0, 0.05) is 75.8 Å². The van der Waals surface area contributed by atoms with Gasteiger partial charge in [-0.3, -0.25) is 14.5 Å². The zero-order valence-electron chi connectivity index (χ0n) is 25.1. The maximum Gasteiger partial charge on any atom is 0.291 e. The van der Waals surface area contributed by atoms with Gasteiger partial charge in [-0.15, -0.1) is 0 Å². The number of hydrogen-bond donors (Lipinski definition) is 3. The molecule has 4 heterocycles. The maximum absolute atomic E-state index is 13.4. The quantitative estimate of drug-likeness (QED) is 0.284. The minimum Gasteiger partial charge on any atom is -0.327 e. The van der Waals surface area contributed by atoms with Gasteiger partial charge in [0.1, 0.15) is 0 Å². The first-order valence-electron chi connectivity index (χ1n) is 14.8. The molecule has 0 saturated carbocycles. The van der Waals surface area contributed by atoms with Gasteiger partial charge in [0.15, 0.2) is 11.6 Å². The van der Waals surface area contributed by atoms with Crippen LogP contribution in [-0.2, 0) is 40.0 Å². The molecule has 0 atom stereocenters. The van der Waals surface area contributed by atoms with E-state index in [1.54, 1.807) is 6.07 Å². The van der Waals surface area contributed by atoms with Crippen molar-refractivity contribution >= 4 is 34.8 Å². The molecule has 2 aromatic carbocycles. The lowest BCUT2D eigenvalue weighted by molar-refractivity contribution is 0.100. The average Bonchev–Trinajstić information content (AvgIpc) is 3.52. The normalized spacial score (nSPS) is 14.7. The van der Waals surface area contributed by atoms with E-state index >= 15 is 0 Å². The van der Waals surface area contributed by atoms with E-state index in [0.29, 0.717) is 34.6 Å². The first-order chi connectivity index (χ1) is 20.8. The monoisotopic (exact) mass is 600 g/mol. The van der Waals surface area contributed by atoms with Gasteiger partial charge in [0.05, 0.1) is 22.1 Å². The van der Waals surface area contributed by atoms with Crippen molar-refractivity contribution in [1.29, 1.82) is 0 Å². The molecule has 3 N–H and O–H groups in total. The molecule has 2 aliphatic rings. The summed E-state index contributed by atoms with van der Waals surface area (Å²) in [6, 6.07) is 11.3. The molecular formula is C32H37ClN8O2. The largest absolute Gasteiger partial charge is 0.327 e. The Kier molecular flexibility index (Phi) is 8.09. The van der Waals surface area contributed by atoms with Gasteiger partial charge in [0.2, 0.25) is 0 Å². The van der Waals surface area contributed by atoms with Crippen LogP contribution in [0.25, 0.3) is 11.1 Å². The molecule has 0 aliphatic carbocycles. The number of anilines is 2. The number of aromatic nitrogens is 4. The molecule has 10 nitrogen and oxygen atoms in total. The summed E-state index contributed by atoms with van der Waals surface area (Å²) in [5.41, 5.74) is 7.70. The number of rotatable bonds is 7. The van der Waals surface area contributed by atoms with Crippen molar-refractivity contribution in [1.82, 2.24) is 29.3 Å². The number of fused-ring (bicyclic) bond motifs is 2. The van der Waals surface area contributed by atoms with Crippen molar-refractivity contribution in [2.45, 2.75) is 46.2 Å². The van der Waals surface area contributed by atoms with E-state index in [1.165, 1.54) is 0 Å². The second-order valence-electron chi connectivity index (χ2n) is 11.3. The predicted molar refractivity (Wildman–Crippen MR) is 169 cm³/mol. The second-order valence-corrected chi connectivity index (χ2v) is 11.7. The highest BCUT2D eigenvalue weighted by molar-refractivity contribution is 6.36. The molecular weight excluding hydrogens is 564 g/mol. The van der Waals surface area contributed by atoms with Crippen LogP contribution in [0.15, 0.2) is 36.4 Å². The standard InChI is InChI=1S/C32H37ClN8O2/c1-5-15-41-16-13-27-25(18-41)36-30(40(27)4)31(42)37-22-10-6-8-20(19(22)2)21-9-7-11-23(28(21)33)38-32(43)29-35-24-17-34-14-12-26(24)39(29)3/h6-11,34H,5,12-18H2,1-4H3,(H,37,42)(H,38,43). The first-order valence-corrected chi connectivity index (χ1v) is 15.2. The van der Waals surface area contributed by atoms with Gasteiger partial charge in [-0.05, 0) is 43.1 Å². The third-order valence-electron chi connectivity index (χ3n) is 8.53. The number of benzene rings is 2. The lowest BCUT2D eigenvalue weighted by atomic mass is 9.98.